The first-order valence-corrected chi connectivity index (χ1v) is 4.90. The van der Waals surface area contributed by atoms with Crippen molar-refractivity contribution >= 4 is 11.5 Å². The van der Waals surface area contributed by atoms with Crippen LogP contribution in [0.1, 0.15) is 24.0 Å². The van der Waals surface area contributed by atoms with Crippen molar-refractivity contribution in [3.63, 3.8) is 0 Å². The van der Waals surface area contributed by atoms with Gasteiger partial charge < -0.3 is 10.2 Å². The second-order valence-corrected chi connectivity index (χ2v) is 3.68. The number of aliphatic carboxylic acids is 1. The summed E-state index contributed by atoms with van der Waals surface area (Å²) < 4.78 is 0. The summed E-state index contributed by atoms with van der Waals surface area (Å²) in [5.41, 5.74) is 2.72. The molecule has 2 rings (SSSR count). The summed E-state index contributed by atoms with van der Waals surface area (Å²) in [5, 5.41) is 19.8. The van der Waals surface area contributed by atoms with E-state index in [1.165, 1.54) is 12.1 Å². The topological polar surface area (TPSA) is 60.4 Å². The fourth-order valence-electron chi connectivity index (χ4n) is 1.99. The number of rotatable bonds is 1. The van der Waals surface area contributed by atoms with Crippen molar-refractivity contribution in [2.75, 3.05) is 0 Å². The molecule has 0 spiro atoms. The normalized spacial score (nSPS) is 17.5. The summed E-state index contributed by atoms with van der Waals surface area (Å²) in [4.78, 5) is 10.6. The molecule has 0 radical (unpaired) electrons. The zero-order valence-corrected chi connectivity index (χ0v) is 8.19. The van der Waals surface area contributed by atoms with Gasteiger partial charge in [0.15, 0.2) is 0 Å². The first-order valence-electron chi connectivity index (χ1n) is 4.90. The van der Waals surface area contributed by atoms with Crippen LogP contribution in [-0.4, -0.2) is 11.1 Å². The molecular formula is C12H11O3-. The molecule has 0 saturated carbocycles. The van der Waals surface area contributed by atoms with E-state index >= 15 is 0 Å². The van der Waals surface area contributed by atoms with E-state index in [0.29, 0.717) is 0 Å². The molecule has 78 valence electrons. The number of carbonyl (C=O) groups is 1. The van der Waals surface area contributed by atoms with Gasteiger partial charge in [0.1, 0.15) is 0 Å². The molecule has 0 aliphatic heterocycles. The average Bonchev–Trinajstić information content (AvgIpc) is 2.16. The number of hydrogen-bond donors (Lipinski definition) is 1. The molecule has 1 N–H and O–H groups in total. The zero-order valence-electron chi connectivity index (χ0n) is 8.19. The second-order valence-electron chi connectivity index (χ2n) is 3.68. The molecule has 0 aromatic heterocycles. The van der Waals surface area contributed by atoms with Crippen molar-refractivity contribution in [3.8, 4) is 5.75 Å². The van der Waals surface area contributed by atoms with Crippen LogP contribution in [0, 0.1) is 0 Å². The molecule has 15 heavy (non-hydrogen) atoms. The van der Waals surface area contributed by atoms with Crippen molar-refractivity contribution in [2.24, 2.45) is 0 Å². The third kappa shape index (κ3) is 2.01. The smallest absolute Gasteiger partial charge is 0.328 e. The summed E-state index contributed by atoms with van der Waals surface area (Å²) in [6.45, 7) is 0. The van der Waals surface area contributed by atoms with E-state index in [1.54, 1.807) is 12.1 Å². The average molecular weight is 203 g/mol. The molecule has 0 bridgehead atoms. The van der Waals surface area contributed by atoms with Crippen molar-refractivity contribution in [3.05, 3.63) is 35.4 Å². The molecule has 0 amide bonds. The molecule has 3 nitrogen and oxygen atoms in total. The van der Waals surface area contributed by atoms with Gasteiger partial charge in [-0.2, -0.15) is 0 Å². The summed E-state index contributed by atoms with van der Waals surface area (Å²) in [6.07, 6.45) is 3.79. The number of carboxylic acid groups (broad SMARTS) is 1. The quantitative estimate of drug-likeness (QED) is 0.704. The second kappa shape index (κ2) is 3.77. The van der Waals surface area contributed by atoms with Crippen LogP contribution in [0.4, 0.5) is 0 Å². The van der Waals surface area contributed by atoms with E-state index in [1.807, 2.05) is 0 Å². The van der Waals surface area contributed by atoms with Gasteiger partial charge in [-0.1, -0.05) is 18.2 Å². The highest BCUT2D eigenvalue weighted by molar-refractivity contribution is 5.91. The van der Waals surface area contributed by atoms with E-state index in [0.717, 1.165) is 36.0 Å². The Hall–Kier alpha value is -1.77. The Bertz CT molecular complexity index is 432. The number of carboxylic acids is 1. The van der Waals surface area contributed by atoms with Crippen molar-refractivity contribution in [2.45, 2.75) is 19.3 Å². The lowest BCUT2D eigenvalue weighted by Crippen LogP contribution is -2.04. The predicted molar refractivity (Wildman–Crippen MR) is 54.4 cm³/mol. The minimum atomic E-state index is -0.927. The molecule has 0 atom stereocenters. The van der Waals surface area contributed by atoms with Crippen LogP contribution in [0.2, 0.25) is 0 Å². The molecule has 0 unspecified atom stereocenters. The molecular weight excluding hydrogens is 192 g/mol. The largest absolute Gasteiger partial charge is 0.872 e. The number of allylic oxidation sites excluding steroid dienone is 1. The minimum Gasteiger partial charge on any atom is -0.872 e. The van der Waals surface area contributed by atoms with Gasteiger partial charge in [-0.3, -0.25) is 0 Å². The van der Waals surface area contributed by atoms with Crippen LogP contribution in [0.5, 0.6) is 5.75 Å². The summed E-state index contributed by atoms with van der Waals surface area (Å²) in [6, 6.07) is 4.82. The highest BCUT2D eigenvalue weighted by atomic mass is 16.4. The fraction of sp³-hybridized carbons (Fsp3) is 0.250. The van der Waals surface area contributed by atoms with Gasteiger partial charge in [0.25, 0.3) is 0 Å². The SMILES string of the molecule is O=C(O)/C=C1\CCCc2cc([O-])ccc21. The number of hydrogen-bond acceptors (Lipinski definition) is 2. The summed E-state index contributed by atoms with van der Waals surface area (Å²) >= 11 is 0. The maximum Gasteiger partial charge on any atom is 0.328 e. The van der Waals surface area contributed by atoms with E-state index < -0.39 is 5.97 Å². The molecule has 3 heteroatoms. The Morgan fingerprint density at radius 1 is 1.40 bits per heavy atom. The highest BCUT2D eigenvalue weighted by Crippen LogP contribution is 2.31. The first-order chi connectivity index (χ1) is 7.16. The van der Waals surface area contributed by atoms with E-state index in [2.05, 4.69) is 0 Å². The minimum absolute atomic E-state index is 0.00896. The lowest BCUT2D eigenvalue weighted by Gasteiger charge is -2.20. The van der Waals surface area contributed by atoms with Gasteiger partial charge in [-0.15, -0.1) is 5.75 Å². The van der Waals surface area contributed by atoms with Gasteiger partial charge in [0.2, 0.25) is 0 Å². The third-order valence-corrected chi connectivity index (χ3v) is 2.61. The summed E-state index contributed by atoms with van der Waals surface area (Å²) in [7, 11) is 0. The maximum atomic E-state index is 11.1. The van der Waals surface area contributed by atoms with Gasteiger partial charge in [0, 0.05) is 6.08 Å². The Morgan fingerprint density at radius 2 is 2.20 bits per heavy atom. The summed E-state index contributed by atoms with van der Waals surface area (Å²) in [5.74, 6) is -0.936. The first kappa shape index (κ1) is 9.77. The number of benzene rings is 1. The molecule has 0 saturated heterocycles. The van der Waals surface area contributed by atoms with Gasteiger partial charge in [-0.05, 0) is 36.0 Å². The fourth-order valence-corrected chi connectivity index (χ4v) is 1.99. The van der Waals surface area contributed by atoms with Crippen LogP contribution in [0.15, 0.2) is 24.3 Å². The Labute approximate surface area is 87.7 Å². The van der Waals surface area contributed by atoms with Crippen molar-refractivity contribution in [1.29, 1.82) is 0 Å². The van der Waals surface area contributed by atoms with Crippen molar-refractivity contribution < 1.29 is 15.0 Å². The molecule has 1 aliphatic carbocycles. The Morgan fingerprint density at radius 3 is 2.93 bits per heavy atom. The molecule has 1 aromatic rings. The van der Waals surface area contributed by atoms with E-state index in [4.69, 9.17) is 5.11 Å². The van der Waals surface area contributed by atoms with Gasteiger partial charge >= 0.3 is 5.97 Å². The monoisotopic (exact) mass is 203 g/mol. The lowest BCUT2D eigenvalue weighted by atomic mass is 9.87. The standard InChI is InChI=1S/C12H12O3/c13-10-4-5-11-8(6-10)2-1-3-9(11)7-12(14)15/h4-7,13H,1-3H2,(H,14,15)/p-1/b9-7+. The molecule has 1 aromatic carbocycles. The van der Waals surface area contributed by atoms with E-state index in [-0.39, 0.29) is 5.75 Å². The zero-order chi connectivity index (χ0) is 10.8. The molecule has 0 fully saturated rings. The third-order valence-electron chi connectivity index (χ3n) is 2.61. The van der Waals surface area contributed by atoms with Crippen LogP contribution in [0.25, 0.3) is 5.57 Å². The molecule has 1 aliphatic rings. The lowest BCUT2D eigenvalue weighted by molar-refractivity contribution is -0.268. The van der Waals surface area contributed by atoms with Crippen molar-refractivity contribution in [1.82, 2.24) is 0 Å². The maximum absolute atomic E-state index is 11.1. The van der Waals surface area contributed by atoms with Crippen LogP contribution >= 0.6 is 0 Å². The molecule has 0 heterocycles. The van der Waals surface area contributed by atoms with Crippen LogP contribution in [-0.2, 0) is 11.2 Å². The number of aryl methyl sites for hydroxylation is 1. The Kier molecular flexibility index (Phi) is 2.46. The van der Waals surface area contributed by atoms with Gasteiger partial charge in [0.05, 0.1) is 0 Å². The predicted octanol–water partition coefficient (Wildman–Crippen LogP) is 1.56. The Balaban J connectivity index is 2.47. The van der Waals surface area contributed by atoms with Crippen LogP contribution < -0.4 is 5.11 Å². The van der Waals surface area contributed by atoms with E-state index in [9.17, 15) is 9.90 Å². The highest BCUT2D eigenvalue weighted by Gasteiger charge is 2.14. The van der Waals surface area contributed by atoms with Crippen LogP contribution in [0.3, 0.4) is 0 Å². The van der Waals surface area contributed by atoms with Gasteiger partial charge in [-0.25, -0.2) is 4.79 Å². The number of fused-ring (bicyclic) bond motifs is 1.